The molecule has 114 valence electrons. The molecule has 1 aliphatic heterocycles. The van der Waals surface area contributed by atoms with E-state index >= 15 is 0 Å². The normalized spacial score (nSPS) is 29.0. The molecule has 2 heterocycles. The second-order valence-electron chi connectivity index (χ2n) is 5.87. The summed E-state index contributed by atoms with van der Waals surface area (Å²) in [5, 5.41) is 9.83. The van der Waals surface area contributed by atoms with E-state index in [1.54, 1.807) is 18.5 Å². The molecule has 1 aromatic rings. The van der Waals surface area contributed by atoms with Crippen LogP contribution in [-0.4, -0.2) is 40.5 Å². The molecule has 1 aliphatic carbocycles. The molecule has 1 aromatic heterocycles. The van der Waals surface area contributed by atoms with Gasteiger partial charge in [0.25, 0.3) is 0 Å². The van der Waals surface area contributed by atoms with E-state index in [0.29, 0.717) is 5.95 Å². The molecular weight excluding hydrogens is 266 g/mol. The van der Waals surface area contributed by atoms with Gasteiger partial charge in [0.05, 0.1) is 6.04 Å². The third kappa shape index (κ3) is 3.69. The minimum atomic E-state index is -0.0134. The van der Waals surface area contributed by atoms with E-state index in [0.717, 1.165) is 38.6 Å². The maximum atomic E-state index is 12.3. The second-order valence-corrected chi connectivity index (χ2v) is 5.87. The number of amides is 1. The number of carbonyl (C=O) groups is 1. The molecule has 21 heavy (non-hydrogen) atoms. The molecule has 0 spiro atoms. The van der Waals surface area contributed by atoms with E-state index in [9.17, 15) is 4.79 Å². The summed E-state index contributed by atoms with van der Waals surface area (Å²) in [5.74, 6) is 0.780. The van der Waals surface area contributed by atoms with E-state index in [1.165, 1.54) is 6.42 Å². The van der Waals surface area contributed by atoms with Crippen molar-refractivity contribution in [2.24, 2.45) is 0 Å². The van der Waals surface area contributed by atoms with E-state index < -0.39 is 0 Å². The van der Waals surface area contributed by atoms with Gasteiger partial charge in [-0.05, 0) is 38.3 Å². The lowest BCUT2D eigenvalue weighted by Gasteiger charge is -2.33. The monoisotopic (exact) mass is 289 g/mol. The number of rotatable bonds is 4. The Morgan fingerprint density at radius 1 is 1.10 bits per heavy atom. The Morgan fingerprint density at radius 3 is 2.57 bits per heavy atom. The molecule has 6 heteroatoms. The molecule has 3 atom stereocenters. The summed E-state index contributed by atoms with van der Waals surface area (Å²) >= 11 is 0. The molecule has 0 radical (unpaired) electrons. The van der Waals surface area contributed by atoms with Crippen LogP contribution in [-0.2, 0) is 4.79 Å². The highest BCUT2D eigenvalue weighted by atomic mass is 16.2. The van der Waals surface area contributed by atoms with Crippen LogP contribution in [0.5, 0.6) is 0 Å². The van der Waals surface area contributed by atoms with E-state index in [1.807, 2.05) is 0 Å². The van der Waals surface area contributed by atoms with Gasteiger partial charge in [-0.3, -0.25) is 4.79 Å². The number of anilines is 1. The van der Waals surface area contributed by atoms with Crippen LogP contribution in [0.25, 0.3) is 0 Å². The van der Waals surface area contributed by atoms with Gasteiger partial charge in [0.1, 0.15) is 0 Å². The number of nitrogens with one attached hydrogen (secondary N) is 3. The fourth-order valence-electron chi connectivity index (χ4n) is 3.21. The van der Waals surface area contributed by atoms with Crippen LogP contribution >= 0.6 is 0 Å². The third-order valence-electron chi connectivity index (χ3n) is 4.35. The average Bonchev–Trinajstić information content (AvgIpc) is 3.05. The summed E-state index contributed by atoms with van der Waals surface area (Å²) in [4.78, 5) is 20.7. The number of hydrogen-bond acceptors (Lipinski definition) is 5. The van der Waals surface area contributed by atoms with Gasteiger partial charge in [0.15, 0.2) is 0 Å². The Hall–Kier alpha value is -1.69. The first-order valence-electron chi connectivity index (χ1n) is 7.90. The molecule has 1 saturated carbocycles. The first-order valence-corrected chi connectivity index (χ1v) is 7.90. The maximum Gasteiger partial charge on any atom is 0.237 e. The topological polar surface area (TPSA) is 78.9 Å². The van der Waals surface area contributed by atoms with Crippen LogP contribution in [0.15, 0.2) is 18.5 Å². The fourth-order valence-corrected chi connectivity index (χ4v) is 3.21. The van der Waals surface area contributed by atoms with Gasteiger partial charge in [-0.2, -0.15) is 0 Å². The molecule has 3 N–H and O–H groups in total. The lowest BCUT2D eigenvalue weighted by molar-refractivity contribution is -0.123. The van der Waals surface area contributed by atoms with Gasteiger partial charge in [-0.15, -0.1) is 0 Å². The lowest BCUT2D eigenvalue weighted by Crippen LogP contribution is -2.52. The molecule has 3 rings (SSSR count). The highest BCUT2D eigenvalue weighted by molar-refractivity contribution is 5.82. The molecule has 1 saturated heterocycles. The Balaban J connectivity index is 1.59. The average molecular weight is 289 g/mol. The van der Waals surface area contributed by atoms with Crippen LogP contribution in [0.4, 0.5) is 5.95 Å². The summed E-state index contributed by atoms with van der Waals surface area (Å²) in [7, 11) is 0. The molecule has 0 aromatic carbocycles. The van der Waals surface area contributed by atoms with Crippen molar-refractivity contribution in [2.45, 2.75) is 56.7 Å². The van der Waals surface area contributed by atoms with Crippen molar-refractivity contribution >= 4 is 11.9 Å². The predicted molar refractivity (Wildman–Crippen MR) is 80.9 cm³/mol. The summed E-state index contributed by atoms with van der Waals surface area (Å²) in [6, 6.07) is 2.17. The quantitative estimate of drug-likeness (QED) is 0.772. The second kappa shape index (κ2) is 6.85. The van der Waals surface area contributed by atoms with Crippen molar-refractivity contribution in [1.29, 1.82) is 0 Å². The zero-order valence-corrected chi connectivity index (χ0v) is 12.2. The van der Waals surface area contributed by atoms with Gasteiger partial charge >= 0.3 is 0 Å². The summed E-state index contributed by atoms with van der Waals surface area (Å²) in [6.45, 7) is 0.947. The number of hydrogen-bond donors (Lipinski definition) is 3. The molecule has 2 aliphatic rings. The molecular formula is C15H23N5O. The first kappa shape index (κ1) is 14.3. The number of carbonyl (C=O) groups excluding carboxylic acids is 1. The zero-order valence-electron chi connectivity index (χ0n) is 12.2. The van der Waals surface area contributed by atoms with Gasteiger partial charge < -0.3 is 16.0 Å². The highest BCUT2D eigenvalue weighted by Crippen LogP contribution is 2.21. The molecule has 2 fully saturated rings. The summed E-state index contributed by atoms with van der Waals surface area (Å²) in [6.07, 6.45) is 9.89. The minimum absolute atomic E-state index is 0.0134. The third-order valence-corrected chi connectivity index (χ3v) is 4.35. The Morgan fingerprint density at radius 2 is 1.86 bits per heavy atom. The number of aromatic nitrogens is 2. The fraction of sp³-hybridized carbons (Fsp3) is 0.667. The summed E-state index contributed by atoms with van der Waals surface area (Å²) < 4.78 is 0. The first-order chi connectivity index (χ1) is 10.3. The summed E-state index contributed by atoms with van der Waals surface area (Å²) in [5.41, 5.74) is 0. The predicted octanol–water partition coefficient (Wildman–Crippen LogP) is 1.07. The van der Waals surface area contributed by atoms with Crippen LogP contribution in [0.2, 0.25) is 0 Å². The van der Waals surface area contributed by atoms with Crippen molar-refractivity contribution < 1.29 is 4.79 Å². The lowest BCUT2D eigenvalue weighted by atomic mass is 9.90. The Labute approximate surface area is 125 Å². The van der Waals surface area contributed by atoms with Gasteiger partial charge in [-0.25, -0.2) is 9.97 Å². The van der Waals surface area contributed by atoms with Crippen LogP contribution < -0.4 is 16.0 Å². The van der Waals surface area contributed by atoms with Gasteiger partial charge in [-0.1, -0.05) is 12.8 Å². The van der Waals surface area contributed by atoms with Crippen molar-refractivity contribution in [3.8, 4) is 0 Å². The van der Waals surface area contributed by atoms with Crippen molar-refractivity contribution in [2.75, 3.05) is 11.9 Å². The standard InChI is InChI=1S/C15H23N5O/c21-14(13-7-3-8-16-13)19-11-5-1-2-6-12(11)20-15-17-9-4-10-18-15/h4,9-13,16H,1-3,5-8H2,(H,19,21)(H,17,18,20)/t11-,12-,13-/m0/s1. The SMILES string of the molecule is O=C(N[C@H]1CCCC[C@@H]1Nc1ncccn1)[C@@H]1CCCN1. The number of nitrogens with zero attached hydrogens (tertiary/aromatic N) is 2. The van der Waals surface area contributed by atoms with E-state index in [4.69, 9.17) is 0 Å². The smallest absolute Gasteiger partial charge is 0.237 e. The Bertz CT molecular complexity index is 460. The van der Waals surface area contributed by atoms with E-state index in [-0.39, 0.29) is 24.0 Å². The van der Waals surface area contributed by atoms with Gasteiger partial charge in [0, 0.05) is 24.5 Å². The highest BCUT2D eigenvalue weighted by Gasteiger charge is 2.30. The van der Waals surface area contributed by atoms with Crippen LogP contribution in [0, 0.1) is 0 Å². The zero-order chi connectivity index (χ0) is 14.5. The van der Waals surface area contributed by atoms with Crippen LogP contribution in [0.3, 0.4) is 0 Å². The Kier molecular flexibility index (Phi) is 4.65. The van der Waals surface area contributed by atoms with Crippen LogP contribution in [0.1, 0.15) is 38.5 Å². The van der Waals surface area contributed by atoms with E-state index in [2.05, 4.69) is 25.9 Å². The van der Waals surface area contributed by atoms with Crippen molar-refractivity contribution in [1.82, 2.24) is 20.6 Å². The largest absolute Gasteiger partial charge is 0.350 e. The minimum Gasteiger partial charge on any atom is -0.350 e. The van der Waals surface area contributed by atoms with Crippen molar-refractivity contribution in [3.63, 3.8) is 0 Å². The molecule has 0 bridgehead atoms. The molecule has 0 unspecified atom stereocenters. The maximum absolute atomic E-state index is 12.3. The van der Waals surface area contributed by atoms with Crippen molar-refractivity contribution in [3.05, 3.63) is 18.5 Å². The van der Waals surface area contributed by atoms with Gasteiger partial charge in [0.2, 0.25) is 11.9 Å². The molecule has 1 amide bonds. The molecule has 6 nitrogen and oxygen atoms in total.